The molecule has 0 aromatic carbocycles. The summed E-state index contributed by atoms with van der Waals surface area (Å²) in [6, 6.07) is -0.229. The van der Waals surface area contributed by atoms with Gasteiger partial charge in [0.15, 0.2) is 0 Å². The average Bonchev–Trinajstić information content (AvgIpc) is 2.34. The minimum absolute atomic E-state index is 0.0197. The molecule has 0 saturated heterocycles. The Morgan fingerprint density at radius 1 is 1.35 bits per heavy atom. The van der Waals surface area contributed by atoms with Gasteiger partial charge in [-0.15, -0.1) is 0 Å². The first-order valence-electron chi connectivity index (χ1n) is 6.81. The Hall–Kier alpha value is -0.610. The second-order valence-corrected chi connectivity index (χ2v) is 5.18. The largest absolute Gasteiger partial charge is 0.389 e. The molecule has 0 heterocycles. The maximum absolute atomic E-state index is 11.6. The highest BCUT2D eigenvalue weighted by Gasteiger charge is 2.29. The van der Waals surface area contributed by atoms with E-state index in [9.17, 15) is 9.90 Å². The van der Waals surface area contributed by atoms with Gasteiger partial charge in [0.1, 0.15) is 0 Å². The van der Waals surface area contributed by atoms with Crippen LogP contribution in [0, 0.1) is 0 Å². The van der Waals surface area contributed by atoms with Gasteiger partial charge in [0.2, 0.25) is 5.91 Å². The molecule has 1 amide bonds. The van der Waals surface area contributed by atoms with Gasteiger partial charge < -0.3 is 15.7 Å². The molecular formula is C13H26N2O2. The zero-order valence-electron chi connectivity index (χ0n) is 11.1. The van der Waals surface area contributed by atoms with Gasteiger partial charge >= 0.3 is 0 Å². The van der Waals surface area contributed by atoms with Crippen LogP contribution in [0.2, 0.25) is 0 Å². The van der Waals surface area contributed by atoms with Crippen molar-refractivity contribution in [2.75, 3.05) is 13.1 Å². The molecule has 1 atom stereocenters. The van der Waals surface area contributed by atoms with Crippen molar-refractivity contribution in [3.05, 3.63) is 0 Å². The van der Waals surface area contributed by atoms with Gasteiger partial charge in [0.05, 0.1) is 11.6 Å². The van der Waals surface area contributed by atoms with Crippen molar-refractivity contribution in [3.63, 3.8) is 0 Å². The fraction of sp³-hybridized carbons (Fsp3) is 0.923. The van der Waals surface area contributed by atoms with Crippen LogP contribution in [-0.4, -0.2) is 35.7 Å². The highest BCUT2D eigenvalue weighted by atomic mass is 16.3. The van der Waals surface area contributed by atoms with Gasteiger partial charge in [-0.3, -0.25) is 4.79 Å². The summed E-state index contributed by atoms with van der Waals surface area (Å²) < 4.78 is 0. The summed E-state index contributed by atoms with van der Waals surface area (Å²) >= 11 is 0. The van der Waals surface area contributed by atoms with E-state index in [4.69, 9.17) is 0 Å². The van der Waals surface area contributed by atoms with E-state index >= 15 is 0 Å². The zero-order valence-corrected chi connectivity index (χ0v) is 11.1. The SMILES string of the molecule is CCCNC(=O)C(C)NCC1(O)CCCCC1. The van der Waals surface area contributed by atoms with Crippen molar-refractivity contribution in [2.45, 2.75) is 64.0 Å². The summed E-state index contributed by atoms with van der Waals surface area (Å²) in [5, 5.41) is 16.3. The van der Waals surface area contributed by atoms with Gasteiger partial charge in [-0.25, -0.2) is 0 Å². The molecule has 1 unspecified atom stereocenters. The topological polar surface area (TPSA) is 61.4 Å². The van der Waals surface area contributed by atoms with Crippen LogP contribution in [0.1, 0.15) is 52.4 Å². The van der Waals surface area contributed by atoms with Gasteiger partial charge in [-0.05, 0) is 26.2 Å². The van der Waals surface area contributed by atoms with Gasteiger partial charge in [0.25, 0.3) is 0 Å². The van der Waals surface area contributed by atoms with Crippen molar-refractivity contribution < 1.29 is 9.90 Å². The second kappa shape index (κ2) is 6.97. The highest BCUT2D eigenvalue weighted by Crippen LogP contribution is 2.27. The first-order chi connectivity index (χ1) is 8.07. The zero-order chi connectivity index (χ0) is 12.7. The average molecular weight is 242 g/mol. The van der Waals surface area contributed by atoms with Gasteiger partial charge in [-0.2, -0.15) is 0 Å². The maximum Gasteiger partial charge on any atom is 0.236 e. The molecule has 4 nitrogen and oxygen atoms in total. The summed E-state index contributed by atoms with van der Waals surface area (Å²) in [6.07, 6.45) is 6.05. The van der Waals surface area contributed by atoms with Crippen LogP contribution in [0.5, 0.6) is 0 Å². The summed E-state index contributed by atoms with van der Waals surface area (Å²) in [5.74, 6) is 0.0197. The number of nitrogens with one attached hydrogen (secondary N) is 2. The Bertz CT molecular complexity index is 238. The summed E-state index contributed by atoms with van der Waals surface area (Å²) in [7, 11) is 0. The third-order valence-electron chi connectivity index (χ3n) is 3.46. The highest BCUT2D eigenvalue weighted by molar-refractivity contribution is 5.81. The lowest BCUT2D eigenvalue weighted by Crippen LogP contribution is -2.49. The van der Waals surface area contributed by atoms with Crippen LogP contribution in [0.3, 0.4) is 0 Å². The van der Waals surface area contributed by atoms with Crippen LogP contribution >= 0.6 is 0 Å². The van der Waals surface area contributed by atoms with E-state index in [1.807, 2.05) is 13.8 Å². The molecule has 1 aliphatic rings. The first-order valence-corrected chi connectivity index (χ1v) is 6.81. The Balaban J connectivity index is 2.26. The fourth-order valence-electron chi connectivity index (χ4n) is 2.22. The number of aliphatic hydroxyl groups is 1. The molecule has 100 valence electrons. The van der Waals surface area contributed by atoms with Crippen molar-refractivity contribution in [1.29, 1.82) is 0 Å². The Labute approximate surface area is 104 Å². The van der Waals surface area contributed by atoms with E-state index in [1.165, 1.54) is 6.42 Å². The number of carbonyl (C=O) groups is 1. The fourth-order valence-corrected chi connectivity index (χ4v) is 2.22. The molecule has 0 bridgehead atoms. The van der Waals surface area contributed by atoms with Crippen molar-refractivity contribution in [2.24, 2.45) is 0 Å². The van der Waals surface area contributed by atoms with E-state index in [-0.39, 0.29) is 11.9 Å². The van der Waals surface area contributed by atoms with E-state index < -0.39 is 5.60 Å². The minimum atomic E-state index is -0.600. The molecular weight excluding hydrogens is 216 g/mol. The van der Waals surface area contributed by atoms with Crippen LogP contribution in [0.25, 0.3) is 0 Å². The monoisotopic (exact) mass is 242 g/mol. The Kier molecular flexibility index (Phi) is 5.92. The molecule has 1 rings (SSSR count). The number of amides is 1. The maximum atomic E-state index is 11.6. The van der Waals surface area contributed by atoms with Crippen LogP contribution < -0.4 is 10.6 Å². The van der Waals surface area contributed by atoms with E-state index in [0.717, 1.165) is 38.6 Å². The standard InChI is InChI=1S/C13H26N2O2/c1-3-9-14-12(16)11(2)15-10-13(17)7-5-4-6-8-13/h11,15,17H,3-10H2,1-2H3,(H,14,16). The number of rotatable bonds is 6. The molecule has 17 heavy (non-hydrogen) atoms. The third-order valence-corrected chi connectivity index (χ3v) is 3.46. The van der Waals surface area contributed by atoms with E-state index in [0.29, 0.717) is 6.54 Å². The molecule has 0 spiro atoms. The molecule has 1 aliphatic carbocycles. The first kappa shape index (κ1) is 14.5. The lowest BCUT2D eigenvalue weighted by molar-refractivity contribution is -0.123. The number of hydrogen-bond acceptors (Lipinski definition) is 3. The van der Waals surface area contributed by atoms with E-state index in [1.54, 1.807) is 0 Å². The summed E-state index contributed by atoms with van der Waals surface area (Å²) in [6.45, 7) is 5.11. The molecule has 1 fully saturated rings. The molecule has 3 N–H and O–H groups in total. The predicted octanol–water partition coefficient (Wildman–Crippen LogP) is 1.19. The van der Waals surface area contributed by atoms with Crippen molar-refractivity contribution in [1.82, 2.24) is 10.6 Å². The number of hydrogen-bond donors (Lipinski definition) is 3. The summed E-state index contributed by atoms with van der Waals surface area (Å²) in [5.41, 5.74) is -0.600. The van der Waals surface area contributed by atoms with Crippen molar-refractivity contribution >= 4 is 5.91 Å². The normalized spacial score (nSPS) is 20.9. The summed E-state index contributed by atoms with van der Waals surface area (Å²) in [4.78, 5) is 11.6. The van der Waals surface area contributed by atoms with Crippen LogP contribution in [-0.2, 0) is 4.79 Å². The second-order valence-electron chi connectivity index (χ2n) is 5.18. The quantitative estimate of drug-likeness (QED) is 0.655. The molecule has 4 heteroatoms. The molecule has 0 aliphatic heterocycles. The molecule has 0 radical (unpaired) electrons. The van der Waals surface area contributed by atoms with Gasteiger partial charge in [-0.1, -0.05) is 26.2 Å². The Morgan fingerprint density at radius 2 is 2.00 bits per heavy atom. The lowest BCUT2D eigenvalue weighted by atomic mass is 9.85. The third kappa shape index (κ3) is 5.04. The Morgan fingerprint density at radius 3 is 2.59 bits per heavy atom. The predicted molar refractivity (Wildman–Crippen MR) is 68.8 cm³/mol. The van der Waals surface area contributed by atoms with Gasteiger partial charge in [0, 0.05) is 13.1 Å². The minimum Gasteiger partial charge on any atom is -0.389 e. The van der Waals surface area contributed by atoms with Crippen LogP contribution in [0.15, 0.2) is 0 Å². The molecule has 0 aromatic rings. The molecule has 1 saturated carbocycles. The smallest absolute Gasteiger partial charge is 0.236 e. The van der Waals surface area contributed by atoms with E-state index in [2.05, 4.69) is 10.6 Å². The van der Waals surface area contributed by atoms with Crippen molar-refractivity contribution in [3.8, 4) is 0 Å². The lowest BCUT2D eigenvalue weighted by Gasteiger charge is -2.33. The van der Waals surface area contributed by atoms with Crippen LogP contribution in [0.4, 0.5) is 0 Å². The number of carbonyl (C=O) groups excluding carboxylic acids is 1. The molecule has 0 aromatic heterocycles.